The van der Waals surface area contributed by atoms with E-state index in [1.165, 1.54) is 23.5 Å². The number of rotatable bonds is 4. The average molecular weight is 315 g/mol. The predicted molar refractivity (Wildman–Crippen MR) is 76.6 cm³/mol. The normalized spacial score (nSPS) is 17.6. The van der Waals surface area contributed by atoms with Crippen LogP contribution in [0.25, 0.3) is 0 Å². The summed E-state index contributed by atoms with van der Waals surface area (Å²) in [5, 5.41) is 23.1. The number of benzene rings is 1. The van der Waals surface area contributed by atoms with Crippen LogP contribution >= 0.6 is 0 Å². The van der Waals surface area contributed by atoms with Crippen molar-refractivity contribution >= 4 is 21.4 Å². The lowest BCUT2D eigenvalue weighted by atomic mass is 10.1. The molecule has 9 heteroatoms. The molecule has 8 nitrogen and oxygen atoms in total. The van der Waals surface area contributed by atoms with Gasteiger partial charge in [0.25, 0.3) is 5.69 Å². The topological polar surface area (TPSA) is 113 Å². The fraction of sp³-hybridized carbons (Fsp3) is 0.500. The molecule has 0 amide bonds. The number of anilines is 1. The lowest BCUT2D eigenvalue weighted by Gasteiger charge is -2.28. The fourth-order valence-corrected chi connectivity index (χ4v) is 3.76. The first-order valence-corrected chi connectivity index (χ1v) is 7.94. The Morgan fingerprint density at radius 1 is 1.38 bits per heavy atom. The Balaban J connectivity index is 2.36. The molecule has 1 saturated heterocycles. The molecule has 1 aromatic rings. The van der Waals surface area contributed by atoms with Crippen LogP contribution < -0.4 is 5.32 Å². The van der Waals surface area contributed by atoms with E-state index in [1.54, 1.807) is 0 Å². The Bertz CT molecular complexity index is 638. The summed E-state index contributed by atoms with van der Waals surface area (Å²) in [5.74, 6) is 0. The molecule has 2 N–H and O–H groups in total. The Morgan fingerprint density at radius 3 is 2.52 bits per heavy atom. The van der Waals surface area contributed by atoms with Crippen molar-refractivity contribution in [1.29, 1.82) is 0 Å². The van der Waals surface area contributed by atoms with Crippen molar-refractivity contribution in [1.82, 2.24) is 4.31 Å². The van der Waals surface area contributed by atoms with Gasteiger partial charge >= 0.3 is 0 Å². The van der Waals surface area contributed by atoms with Gasteiger partial charge in [0.1, 0.15) is 5.69 Å². The number of sulfonamides is 1. The van der Waals surface area contributed by atoms with Crippen molar-refractivity contribution < 1.29 is 18.4 Å². The van der Waals surface area contributed by atoms with E-state index in [1.807, 2.05) is 0 Å². The van der Waals surface area contributed by atoms with E-state index < -0.39 is 21.1 Å². The van der Waals surface area contributed by atoms with Gasteiger partial charge in [-0.3, -0.25) is 10.1 Å². The van der Waals surface area contributed by atoms with Crippen LogP contribution in [0.3, 0.4) is 0 Å². The molecule has 1 aliphatic rings. The number of aliphatic hydroxyl groups is 1. The average Bonchev–Trinajstić information content (AvgIpc) is 2.46. The number of piperidine rings is 1. The molecule has 2 rings (SSSR count). The molecule has 0 bridgehead atoms. The minimum absolute atomic E-state index is 0.107. The van der Waals surface area contributed by atoms with Crippen LogP contribution in [0.15, 0.2) is 23.1 Å². The van der Waals surface area contributed by atoms with E-state index >= 15 is 0 Å². The van der Waals surface area contributed by atoms with E-state index in [4.69, 9.17) is 0 Å². The van der Waals surface area contributed by atoms with Crippen molar-refractivity contribution in [2.45, 2.75) is 23.8 Å². The van der Waals surface area contributed by atoms with Crippen LogP contribution in [0.1, 0.15) is 12.8 Å². The van der Waals surface area contributed by atoms with E-state index in [9.17, 15) is 23.6 Å². The lowest BCUT2D eigenvalue weighted by Crippen LogP contribution is -2.40. The largest absolute Gasteiger partial charge is 0.393 e. The van der Waals surface area contributed by atoms with E-state index in [2.05, 4.69) is 5.32 Å². The molecule has 21 heavy (non-hydrogen) atoms. The minimum atomic E-state index is -3.78. The van der Waals surface area contributed by atoms with Crippen molar-refractivity contribution in [2.24, 2.45) is 0 Å². The number of nitrogens with zero attached hydrogens (tertiary/aromatic N) is 2. The molecule has 1 heterocycles. The van der Waals surface area contributed by atoms with E-state index in [0.29, 0.717) is 12.8 Å². The number of nitro benzene ring substituents is 1. The number of aliphatic hydroxyl groups excluding tert-OH is 1. The second kappa shape index (κ2) is 5.96. The van der Waals surface area contributed by atoms with Gasteiger partial charge in [-0.2, -0.15) is 4.31 Å². The van der Waals surface area contributed by atoms with E-state index in [0.717, 1.165) is 6.07 Å². The monoisotopic (exact) mass is 315 g/mol. The molecule has 1 aromatic carbocycles. The van der Waals surface area contributed by atoms with Crippen molar-refractivity contribution in [3.8, 4) is 0 Å². The number of hydrogen-bond donors (Lipinski definition) is 2. The second-order valence-electron chi connectivity index (χ2n) is 4.82. The Kier molecular flexibility index (Phi) is 4.45. The van der Waals surface area contributed by atoms with E-state index in [-0.39, 0.29) is 29.4 Å². The second-order valence-corrected chi connectivity index (χ2v) is 6.76. The smallest absolute Gasteiger partial charge is 0.293 e. The molecule has 116 valence electrons. The van der Waals surface area contributed by atoms with Gasteiger partial charge in [0.05, 0.1) is 15.9 Å². The summed E-state index contributed by atoms with van der Waals surface area (Å²) in [5.41, 5.74) is -0.0244. The third-order valence-corrected chi connectivity index (χ3v) is 5.39. The van der Waals surface area contributed by atoms with Crippen molar-refractivity contribution in [3.05, 3.63) is 28.3 Å². The highest BCUT2D eigenvalue weighted by atomic mass is 32.2. The SMILES string of the molecule is CNc1ccc(S(=O)(=O)N2CCC(O)CC2)cc1[N+](=O)[O-]. The molecule has 0 radical (unpaired) electrons. The highest BCUT2D eigenvalue weighted by Crippen LogP contribution is 2.29. The first-order chi connectivity index (χ1) is 9.86. The molecule has 1 fully saturated rings. The van der Waals surface area contributed by atoms with Crippen LogP contribution in [-0.2, 0) is 10.0 Å². The molecule has 0 spiro atoms. The minimum Gasteiger partial charge on any atom is -0.393 e. The maximum absolute atomic E-state index is 12.5. The number of nitrogens with one attached hydrogen (secondary N) is 1. The van der Waals surface area contributed by atoms with Crippen LogP contribution in [0.4, 0.5) is 11.4 Å². The molecule has 0 unspecified atom stereocenters. The third kappa shape index (κ3) is 3.14. The van der Waals surface area contributed by atoms with Gasteiger partial charge in [-0.15, -0.1) is 0 Å². The van der Waals surface area contributed by atoms with Crippen LogP contribution in [0.2, 0.25) is 0 Å². The summed E-state index contributed by atoms with van der Waals surface area (Å²) in [6, 6.07) is 3.79. The molecule has 0 aliphatic carbocycles. The standard InChI is InChI=1S/C12H17N3O5S/c1-13-11-3-2-10(8-12(11)15(17)18)21(19,20)14-6-4-9(16)5-7-14/h2-3,8-9,13,16H,4-7H2,1H3. The maximum atomic E-state index is 12.5. The predicted octanol–water partition coefficient (Wildman–Crippen LogP) is 0.782. The molecular formula is C12H17N3O5S. The number of hydrogen-bond acceptors (Lipinski definition) is 6. The third-order valence-electron chi connectivity index (χ3n) is 3.50. The van der Waals surface area contributed by atoms with Gasteiger partial charge in [0, 0.05) is 26.2 Å². The Morgan fingerprint density at radius 2 is 2.00 bits per heavy atom. The summed E-state index contributed by atoms with van der Waals surface area (Å²) in [7, 11) is -2.25. The van der Waals surface area contributed by atoms with Gasteiger partial charge in [-0.25, -0.2) is 8.42 Å². The highest BCUT2D eigenvalue weighted by molar-refractivity contribution is 7.89. The van der Waals surface area contributed by atoms with Crippen LogP contribution in [-0.4, -0.2) is 49.0 Å². The van der Waals surface area contributed by atoms with Crippen molar-refractivity contribution in [3.63, 3.8) is 0 Å². The summed E-state index contributed by atoms with van der Waals surface area (Å²) in [6.07, 6.45) is 0.253. The molecule has 0 atom stereocenters. The zero-order valence-corrected chi connectivity index (χ0v) is 12.3. The van der Waals surface area contributed by atoms with Gasteiger partial charge in [0.2, 0.25) is 10.0 Å². The zero-order chi connectivity index (χ0) is 15.6. The van der Waals surface area contributed by atoms with Gasteiger partial charge in [0.15, 0.2) is 0 Å². The maximum Gasteiger partial charge on any atom is 0.293 e. The highest BCUT2D eigenvalue weighted by Gasteiger charge is 2.30. The van der Waals surface area contributed by atoms with Crippen LogP contribution in [0, 0.1) is 10.1 Å². The van der Waals surface area contributed by atoms with Gasteiger partial charge in [-0.1, -0.05) is 0 Å². The van der Waals surface area contributed by atoms with Crippen LogP contribution in [0.5, 0.6) is 0 Å². The van der Waals surface area contributed by atoms with Gasteiger partial charge in [-0.05, 0) is 25.0 Å². The van der Waals surface area contributed by atoms with Gasteiger partial charge < -0.3 is 10.4 Å². The fourth-order valence-electron chi connectivity index (χ4n) is 2.27. The Hall–Kier alpha value is -1.71. The summed E-state index contributed by atoms with van der Waals surface area (Å²) in [6.45, 7) is 0.427. The quantitative estimate of drug-likeness (QED) is 0.627. The molecular weight excluding hydrogens is 298 g/mol. The number of nitro groups is 1. The first-order valence-electron chi connectivity index (χ1n) is 6.50. The Labute approximate surface area is 122 Å². The molecule has 0 saturated carbocycles. The first kappa shape index (κ1) is 15.7. The summed E-state index contributed by atoms with van der Waals surface area (Å²) >= 11 is 0. The lowest BCUT2D eigenvalue weighted by molar-refractivity contribution is -0.384. The summed E-state index contributed by atoms with van der Waals surface area (Å²) < 4.78 is 26.2. The zero-order valence-electron chi connectivity index (χ0n) is 11.5. The molecule has 0 aromatic heterocycles. The summed E-state index contributed by atoms with van der Waals surface area (Å²) in [4.78, 5) is 10.3. The molecule has 1 aliphatic heterocycles. The van der Waals surface area contributed by atoms with Crippen molar-refractivity contribution in [2.75, 3.05) is 25.5 Å².